The second-order valence-corrected chi connectivity index (χ2v) is 6.57. The second kappa shape index (κ2) is 7.88. The summed E-state index contributed by atoms with van der Waals surface area (Å²) in [5.74, 6) is -0.851. The van der Waals surface area contributed by atoms with Crippen molar-refractivity contribution in [2.45, 2.75) is 26.1 Å². The number of amides is 1. The van der Waals surface area contributed by atoms with Gasteiger partial charge in [-0.05, 0) is 32.1 Å². The summed E-state index contributed by atoms with van der Waals surface area (Å²) < 4.78 is 12.4. The van der Waals surface area contributed by atoms with Gasteiger partial charge in [-0.3, -0.25) is 9.20 Å². The Morgan fingerprint density at radius 1 is 1.35 bits per heavy atom. The monoisotopic (exact) mass is 377 g/mol. The van der Waals surface area contributed by atoms with Crippen LogP contribution in [0.4, 0.5) is 0 Å². The lowest BCUT2D eigenvalue weighted by Crippen LogP contribution is -2.49. The lowest BCUT2D eigenvalue weighted by Gasteiger charge is -2.35. The van der Waals surface area contributed by atoms with Crippen molar-refractivity contribution in [3.8, 4) is 0 Å². The summed E-state index contributed by atoms with van der Waals surface area (Å²) in [5.41, 5.74) is 1.25. The molecule has 26 heavy (non-hydrogen) atoms. The van der Waals surface area contributed by atoms with E-state index >= 15 is 0 Å². The molecule has 0 unspecified atom stereocenters. The summed E-state index contributed by atoms with van der Waals surface area (Å²) in [7, 11) is 0. The van der Waals surface area contributed by atoms with E-state index in [1.54, 1.807) is 15.5 Å². The van der Waals surface area contributed by atoms with Gasteiger partial charge in [0.05, 0.1) is 17.9 Å². The molecule has 1 aliphatic rings. The van der Waals surface area contributed by atoms with E-state index in [2.05, 4.69) is 4.98 Å². The molecule has 138 valence electrons. The Kier molecular flexibility index (Phi) is 5.58. The van der Waals surface area contributed by atoms with Crippen LogP contribution >= 0.6 is 11.6 Å². The summed E-state index contributed by atoms with van der Waals surface area (Å²) in [5, 5.41) is 0.285. The van der Waals surface area contributed by atoms with Crippen molar-refractivity contribution in [3.63, 3.8) is 0 Å². The molecule has 1 saturated heterocycles. The summed E-state index contributed by atoms with van der Waals surface area (Å²) in [6.45, 7) is 4.50. The first-order valence-electron chi connectivity index (χ1n) is 8.34. The first-order valence-corrected chi connectivity index (χ1v) is 8.72. The van der Waals surface area contributed by atoms with Crippen molar-refractivity contribution >= 4 is 35.2 Å². The van der Waals surface area contributed by atoms with Crippen LogP contribution in [-0.4, -0.2) is 58.1 Å². The number of morpholine rings is 1. The third-order valence-electron chi connectivity index (χ3n) is 4.01. The van der Waals surface area contributed by atoms with Gasteiger partial charge in [-0.2, -0.15) is 0 Å². The van der Waals surface area contributed by atoms with Gasteiger partial charge >= 0.3 is 5.97 Å². The number of aromatic nitrogens is 2. The second-order valence-electron chi connectivity index (χ2n) is 6.21. The van der Waals surface area contributed by atoms with E-state index in [-0.39, 0.29) is 29.9 Å². The highest BCUT2D eigenvalue weighted by atomic mass is 35.5. The first-order chi connectivity index (χ1) is 12.4. The number of nitrogens with zero attached hydrogens (tertiary/aromatic N) is 3. The van der Waals surface area contributed by atoms with Gasteiger partial charge in [0.1, 0.15) is 5.65 Å². The molecule has 1 aliphatic heterocycles. The van der Waals surface area contributed by atoms with Gasteiger partial charge in [-0.1, -0.05) is 17.7 Å². The normalized spacial score (nSPS) is 20.7. The fourth-order valence-corrected chi connectivity index (χ4v) is 3.18. The molecule has 1 amide bonds. The lowest BCUT2D eigenvalue weighted by molar-refractivity contribution is -0.154. The van der Waals surface area contributed by atoms with Crippen LogP contribution in [0.1, 0.15) is 19.5 Å². The molecule has 2 aromatic heterocycles. The minimum Gasteiger partial charge on any atom is -0.452 e. The lowest BCUT2D eigenvalue weighted by atomic mass is 10.2. The Morgan fingerprint density at radius 2 is 2.08 bits per heavy atom. The number of hydrogen-bond acceptors (Lipinski definition) is 5. The number of hydrogen-bond donors (Lipinski definition) is 0. The minimum absolute atomic E-state index is 0.0319. The molecule has 3 rings (SSSR count). The van der Waals surface area contributed by atoms with Gasteiger partial charge in [0.2, 0.25) is 0 Å². The summed E-state index contributed by atoms with van der Waals surface area (Å²) in [4.78, 5) is 30.0. The number of ether oxygens (including phenoxy) is 2. The van der Waals surface area contributed by atoms with Crippen LogP contribution in [0.15, 0.2) is 30.5 Å². The topological polar surface area (TPSA) is 73.1 Å². The molecule has 2 aromatic rings. The van der Waals surface area contributed by atoms with Gasteiger partial charge in [0.25, 0.3) is 5.91 Å². The smallest absolute Gasteiger partial charge is 0.331 e. The van der Waals surface area contributed by atoms with Crippen LogP contribution < -0.4 is 0 Å². The molecule has 1 fully saturated rings. The van der Waals surface area contributed by atoms with Crippen LogP contribution in [0.2, 0.25) is 5.15 Å². The highest BCUT2D eigenvalue weighted by Crippen LogP contribution is 2.19. The maximum atomic E-state index is 12.2. The van der Waals surface area contributed by atoms with Crippen LogP contribution in [0.5, 0.6) is 0 Å². The van der Waals surface area contributed by atoms with Crippen molar-refractivity contribution in [2.24, 2.45) is 0 Å². The van der Waals surface area contributed by atoms with Crippen molar-refractivity contribution in [1.82, 2.24) is 14.3 Å². The number of imidazole rings is 1. The standard InChI is InChI=1S/C18H20ClN3O4/c1-12-9-21(10-13(2)26-12)16(23)11-25-17(24)7-6-14-18(19)20-15-5-3-4-8-22(14)15/h3-8,12-13H,9-11H2,1-2H3/b7-6+/t12-,13+. The third kappa shape index (κ3) is 4.23. The van der Waals surface area contributed by atoms with Crippen LogP contribution in [0.25, 0.3) is 11.7 Å². The maximum Gasteiger partial charge on any atom is 0.331 e. The van der Waals surface area contributed by atoms with Crippen molar-refractivity contribution in [1.29, 1.82) is 0 Å². The summed E-state index contributed by atoms with van der Waals surface area (Å²) in [6.07, 6.45) is 4.49. The largest absolute Gasteiger partial charge is 0.452 e. The Bertz CT molecular complexity index is 838. The van der Waals surface area contributed by atoms with E-state index in [1.165, 1.54) is 12.2 Å². The fraction of sp³-hybridized carbons (Fsp3) is 0.389. The first kappa shape index (κ1) is 18.4. The fourth-order valence-electron chi connectivity index (χ4n) is 2.94. The minimum atomic E-state index is -0.616. The molecule has 0 bridgehead atoms. The van der Waals surface area contributed by atoms with E-state index in [0.717, 1.165) is 0 Å². The molecule has 0 aromatic carbocycles. The molecule has 7 nitrogen and oxygen atoms in total. The molecular formula is C18H20ClN3O4. The number of carbonyl (C=O) groups is 2. The Balaban J connectivity index is 1.57. The van der Waals surface area contributed by atoms with Gasteiger partial charge in [-0.15, -0.1) is 0 Å². The molecule has 0 radical (unpaired) electrons. The molecule has 0 aliphatic carbocycles. The summed E-state index contributed by atoms with van der Waals surface area (Å²) in [6, 6.07) is 5.49. The number of halogens is 1. The Labute approximate surface area is 156 Å². The number of fused-ring (bicyclic) bond motifs is 1. The van der Waals surface area contributed by atoms with Crippen molar-refractivity contribution in [2.75, 3.05) is 19.7 Å². The molecule has 0 N–H and O–H groups in total. The zero-order valence-electron chi connectivity index (χ0n) is 14.6. The van der Waals surface area contributed by atoms with Crippen molar-refractivity contribution < 1.29 is 19.1 Å². The molecular weight excluding hydrogens is 358 g/mol. The van der Waals surface area contributed by atoms with Gasteiger partial charge in [-0.25, -0.2) is 9.78 Å². The number of carbonyl (C=O) groups excluding carboxylic acids is 2. The maximum absolute atomic E-state index is 12.2. The number of pyridine rings is 1. The van der Waals surface area contributed by atoms with Crippen molar-refractivity contribution in [3.05, 3.63) is 41.3 Å². The average Bonchev–Trinajstić information content (AvgIpc) is 2.92. The SMILES string of the molecule is C[C@@H]1CN(C(=O)COC(=O)/C=C/c2c(Cl)nc3ccccn23)C[C@H](C)O1. The quantitative estimate of drug-likeness (QED) is 0.603. The van der Waals surface area contributed by atoms with Gasteiger partial charge < -0.3 is 14.4 Å². The average molecular weight is 378 g/mol. The number of rotatable bonds is 4. The van der Waals surface area contributed by atoms with Crippen LogP contribution in [0, 0.1) is 0 Å². The van der Waals surface area contributed by atoms with Crippen LogP contribution in [-0.2, 0) is 19.1 Å². The predicted octanol–water partition coefficient (Wildman–Crippen LogP) is 2.18. The van der Waals surface area contributed by atoms with E-state index in [4.69, 9.17) is 21.1 Å². The molecule has 3 heterocycles. The highest BCUT2D eigenvalue weighted by Gasteiger charge is 2.26. The molecule has 8 heteroatoms. The zero-order valence-corrected chi connectivity index (χ0v) is 15.3. The van der Waals surface area contributed by atoms with Gasteiger partial charge in [0, 0.05) is 25.4 Å². The van der Waals surface area contributed by atoms with E-state index < -0.39 is 5.97 Å². The predicted molar refractivity (Wildman–Crippen MR) is 96.8 cm³/mol. The molecule has 2 atom stereocenters. The number of esters is 1. The third-order valence-corrected chi connectivity index (χ3v) is 4.29. The summed E-state index contributed by atoms with van der Waals surface area (Å²) >= 11 is 6.10. The Morgan fingerprint density at radius 3 is 2.81 bits per heavy atom. The van der Waals surface area contributed by atoms with E-state index in [0.29, 0.717) is 24.4 Å². The molecule has 0 spiro atoms. The highest BCUT2D eigenvalue weighted by molar-refractivity contribution is 6.31. The van der Waals surface area contributed by atoms with Crippen LogP contribution in [0.3, 0.4) is 0 Å². The van der Waals surface area contributed by atoms with Gasteiger partial charge in [0.15, 0.2) is 11.8 Å². The zero-order chi connectivity index (χ0) is 18.7. The van der Waals surface area contributed by atoms with E-state index in [1.807, 2.05) is 32.0 Å². The molecule has 0 saturated carbocycles. The Hall–Kier alpha value is -2.38. The van der Waals surface area contributed by atoms with E-state index in [9.17, 15) is 9.59 Å².